The molecule has 0 unspecified atom stereocenters. The SMILES string of the molecule is Cc1cccc(NS(=O)(=O)c2cc(C(=O)NCCC3=CCCCC3)ccc2Cl)c1C. The molecule has 1 aliphatic carbocycles. The number of aryl methyl sites for hydroxylation is 1. The van der Waals surface area contributed by atoms with Crippen molar-refractivity contribution in [1.82, 2.24) is 5.32 Å². The van der Waals surface area contributed by atoms with Crippen molar-refractivity contribution in [1.29, 1.82) is 0 Å². The summed E-state index contributed by atoms with van der Waals surface area (Å²) in [6.07, 6.45) is 7.69. The number of halogens is 1. The lowest BCUT2D eigenvalue weighted by Gasteiger charge is -2.14. The number of amides is 1. The van der Waals surface area contributed by atoms with E-state index in [-0.39, 0.29) is 21.4 Å². The minimum absolute atomic E-state index is 0.0664. The second kappa shape index (κ2) is 9.67. The van der Waals surface area contributed by atoms with Crippen molar-refractivity contribution < 1.29 is 13.2 Å². The van der Waals surface area contributed by atoms with Crippen LogP contribution in [0.25, 0.3) is 0 Å². The van der Waals surface area contributed by atoms with E-state index in [1.807, 2.05) is 19.9 Å². The van der Waals surface area contributed by atoms with Crippen molar-refractivity contribution >= 4 is 33.2 Å². The number of carbonyl (C=O) groups is 1. The number of anilines is 1. The van der Waals surface area contributed by atoms with E-state index in [4.69, 9.17) is 11.6 Å². The van der Waals surface area contributed by atoms with Crippen LogP contribution < -0.4 is 10.0 Å². The molecule has 0 atom stereocenters. The highest BCUT2D eigenvalue weighted by Gasteiger charge is 2.21. The van der Waals surface area contributed by atoms with Crippen molar-refractivity contribution in [2.45, 2.75) is 50.8 Å². The van der Waals surface area contributed by atoms with Gasteiger partial charge in [0.2, 0.25) is 0 Å². The van der Waals surface area contributed by atoms with E-state index in [1.54, 1.807) is 12.1 Å². The standard InChI is InChI=1S/C23H27ClN2O3S/c1-16-7-6-10-21(17(16)2)26-30(28,29)22-15-19(11-12-20(22)24)23(27)25-14-13-18-8-4-3-5-9-18/h6-8,10-12,15,26H,3-5,9,13-14H2,1-2H3,(H,25,27). The van der Waals surface area contributed by atoms with Gasteiger partial charge in [0.15, 0.2) is 0 Å². The van der Waals surface area contributed by atoms with Crippen molar-refractivity contribution in [3.8, 4) is 0 Å². The zero-order valence-electron chi connectivity index (χ0n) is 17.3. The summed E-state index contributed by atoms with van der Waals surface area (Å²) in [5.74, 6) is -0.314. The molecule has 5 nitrogen and oxygen atoms in total. The fourth-order valence-electron chi connectivity index (χ4n) is 3.48. The molecule has 2 aromatic rings. The number of hydrogen-bond acceptors (Lipinski definition) is 3. The Kier molecular flexibility index (Phi) is 7.21. The summed E-state index contributed by atoms with van der Waals surface area (Å²) < 4.78 is 28.5. The molecule has 7 heteroatoms. The third-order valence-corrected chi connectivity index (χ3v) is 7.30. The van der Waals surface area contributed by atoms with Gasteiger partial charge in [-0.15, -0.1) is 0 Å². The fraction of sp³-hybridized carbons (Fsp3) is 0.348. The van der Waals surface area contributed by atoms with E-state index in [2.05, 4.69) is 16.1 Å². The zero-order valence-corrected chi connectivity index (χ0v) is 18.9. The summed E-state index contributed by atoms with van der Waals surface area (Å²) in [7, 11) is -3.95. The molecule has 2 N–H and O–H groups in total. The number of benzene rings is 2. The molecule has 0 saturated carbocycles. The minimum Gasteiger partial charge on any atom is -0.352 e. The largest absolute Gasteiger partial charge is 0.352 e. The highest BCUT2D eigenvalue weighted by atomic mass is 35.5. The Morgan fingerprint density at radius 2 is 1.93 bits per heavy atom. The van der Waals surface area contributed by atoms with Crippen LogP contribution in [0.1, 0.15) is 53.6 Å². The van der Waals surface area contributed by atoms with Crippen LogP contribution in [0.15, 0.2) is 52.9 Å². The third-order valence-electron chi connectivity index (χ3n) is 5.45. The van der Waals surface area contributed by atoms with E-state index in [0.717, 1.165) is 30.4 Å². The van der Waals surface area contributed by atoms with Crippen LogP contribution in [0, 0.1) is 13.8 Å². The molecule has 3 rings (SSSR count). The monoisotopic (exact) mass is 446 g/mol. The van der Waals surface area contributed by atoms with E-state index in [0.29, 0.717) is 12.2 Å². The molecule has 2 aromatic carbocycles. The second-order valence-electron chi connectivity index (χ2n) is 7.61. The lowest BCUT2D eigenvalue weighted by molar-refractivity contribution is 0.0954. The average molecular weight is 447 g/mol. The van der Waals surface area contributed by atoms with Gasteiger partial charge in [-0.3, -0.25) is 9.52 Å². The summed E-state index contributed by atoms with van der Waals surface area (Å²) in [5, 5.41) is 2.94. The molecule has 0 spiro atoms. The molecule has 0 bridgehead atoms. The van der Waals surface area contributed by atoms with E-state index < -0.39 is 10.0 Å². The number of allylic oxidation sites excluding steroid dienone is 1. The predicted molar refractivity (Wildman–Crippen MR) is 122 cm³/mol. The van der Waals surface area contributed by atoms with Crippen LogP contribution in [0.5, 0.6) is 0 Å². The Labute approximate surface area is 183 Å². The molecule has 0 fully saturated rings. The Morgan fingerprint density at radius 3 is 2.67 bits per heavy atom. The third kappa shape index (κ3) is 5.43. The summed E-state index contributed by atoms with van der Waals surface area (Å²) >= 11 is 6.17. The molecular weight excluding hydrogens is 420 g/mol. The molecule has 0 radical (unpaired) electrons. The number of nitrogens with one attached hydrogen (secondary N) is 2. The molecule has 1 aliphatic rings. The Hall–Kier alpha value is -2.31. The average Bonchev–Trinajstić information content (AvgIpc) is 2.72. The maximum absolute atomic E-state index is 12.9. The van der Waals surface area contributed by atoms with E-state index in [1.165, 1.54) is 36.6 Å². The van der Waals surface area contributed by atoms with Crippen molar-refractivity contribution in [2.24, 2.45) is 0 Å². The first-order valence-corrected chi connectivity index (χ1v) is 12.0. The van der Waals surface area contributed by atoms with Crippen LogP contribution in [0.4, 0.5) is 5.69 Å². The predicted octanol–water partition coefficient (Wildman–Crippen LogP) is 5.38. The molecule has 0 aromatic heterocycles. The van der Waals surface area contributed by atoms with Crippen LogP contribution in [0.3, 0.4) is 0 Å². The van der Waals surface area contributed by atoms with E-state index >= 15 is 0 Å². The topological polar surface area (TPSA) is 75.3 Å². The summed E-state index contributed by atoms with van der Waals surface area (Å²) in [5.41, 5.74) is 3.93. The minimum atomic E-state index is -3.95. The fourth-order valence-corrected chi connectivity index (χ4v) is 5.13. The van der Waals surface area contributed by atoms with Gasteiger partial charge in [0, 0.05) is 12.1 Å². The number of hydrogen-bond donors (Lipinski definition) is 2. The van der Waals surface area contributed by atoms with Gasteiger partial charge in [-0.05, 0) is 81.3 Å². The Bertz CT molecular complexity index is 1080. The highest BCUT2D eigenvalue weighted by Crippen LogP contribution is 2.27. The van der Waals surface area contributed by atoms with Crippen molar-refractivity contribution in [2.75, 3.05) is 11.3 Å². The smallest absolute Gasteiger partial charge is 0.263 e. The molecule has 30 heavy (non-hydrogen) atoms. The lowest BCUT2D eigenvalue weighted by Crippen LogP contribution is -2.25. The molecule has 0 saturated heterocycles. The summed E-state index contributed by atoms with van der Waals surface area (Å²) in [4.78, 5) is 12.4. The van der Waals surface area contributed by atoms with Crippen molar-refractivity contribution in [3.63, 3.8) is 0 Å². The van der Waals surface area contributed by atoms with Gasteiger partial charge in [0.05, 0.1) is 10.7 Å². The molecular formula is C23H27ClN2O3S. The quantitative estimate of drug-likeness (QED) is 0.561. The lowest BCUT2D eigenvalue weighted by atomic mass is 9.97. The first kappa shape index (κ1) is 22.4. The van der Waals surface area contributed by atoms with Gasteiger partial charge in [-0.25, -0.2) is 8.42 Å². The maximum Gasteiger partial charge on any atom is 0.263 e. The first-order valence-electron chi connectivity index (χ1n) is 10.1. The normalized spacial score (nSPS) is 14.2. The Balaban J connectivity index is 1.74. The van der Waals surface area contributed by atoms with Crippen LogP contribution in [-0.4, -0.2) is 20.9 Å². The molecule has 0 heterocycles. The second-order valence-corrected chi connectivity index (χ2v) is 9.67. The number of rotatable bonds is 7. The van der Waals surface area contributed by atoms with Crippen LogP contribution in [0.2, 0.25) is 5.02 Å². The van der Waals surface area contributed by atoms with Gasteiger partial charge in [-0.2, -0.15) is 0 Å². The highest BCUT2D eigenvalue weighted by molar-refractivity contribution is 7.92. The zero-order chi connectivity index (χ0) is 21.7. The maximum atomic E-state index is 12.9. The van der Waals surface area contributed by atoms with Gasteiger partial charge in [0.1, 0.15) is 4.90 Å². The van der Waals surface area contributed by atoms with Gasteiger partial charge < -0.3 is 5.32 Å². The summed E-state index contributed by atoms with van der Waals surface area (Å²) in [6, 6.07) is 9.70. The molecule has 0 aliphatic heterocycles. The number of sulfonamides is 1. The van der Waals surface area contributed by atoms with E-state index in [9.17, 15) is 13.2 Å². The van der Waals surface area contributed by atoms with Gasteiger partial charge in [0.25, 0.3) is 15.9 Å². The van der Waals surface area contributed by atoms with Crippen LogP contribution >= 0.6 is 11.6 Å². The van der Waals surface area contributed by atoms with Crippen LogP contribution in [-0.2, 0) is 10.0 Å². The molecule has 160 valence electrons. The summed E-state index contributed by atoms with van der Waals surface area (Å²) in [6.45, 7) is 4.28. The van der Waals surface area contributed by atoms with Gasteiger partial charge in [-0.1, -0.05) is 35.4 Å². The van der Waals surface area contributed by atoms with Gasteiger partial charge >= 0.3 is 0 Å². The first-order chi connectivity index (χ1) is 14.3. The molecule has 1 amide bonds. The number of carbonyl (C=O) groups excluding carboxylic acids is 1. The van der Waals surface area contributed by atoms with Crippen molar-refractivity contribution in [3.05, 3.63) is 69.8 Å². The Morgan fingerprint density at radius 1 is 1.13 bits per heavy atom.